The number of nitrogens with one attached hydrogen (secondary N) is 1. The van der Waals surface area contributed by atoms with Crippen molar-refractivity contribution in [2.45, 2.75) is 6.54 Å². The first-order valence-corrected chi connectivity index (χ1v) is 6.31. The third-order valence-electron chi connectivity index (χ3n) is 2.33. The molecule has 1 aromatic heterocycles. The Balaban J connectivity index is 2.28. The Morgan fingerprint density at radius 2 is 2.11 bits per heavy atom. The fourth-order valence-corrected chi connectivity index (χ4v) is 1.94. The highest BCUT2D eigenvalue weighted by Gasteiger charge is 2.12. The van der Waals surface area contributed by atoms with Crippen LogP contribution in [0.1, 0.15) is 5.69 Å². The molecule has 0 saturated heterocycles. The zero-order valence-corrected chi connectivity index (χ0v) is 11.7. The normalized spacial score (nSPS) is 10.5. The SMILES string of the molecule is CNCc1cc(Oc2cc(Br)cc(F)c2F)ccn1. The van der Waals surface area contributed by atoms with Crippen molar-refractivity contribution in [3.05, 3.63) is 52.3 Å². The Kier molecular flexibility index (Phi) is 4.44. The predicted octanol–water partition coefficient (Wildman–Crippen LogP) is 3.63. The van der Waals surface area contributed by atoms with Crippen LogP contribution in [0.25, 0.3) is 0 Å². The highest BCUT2D eigenvalue weighted by Crippen LogP contribution is 2.29. The molecule has 0 amide bonds. The largest absolute Gasteiger partial charge is 0.454 e. The number of nitrogens with zero attached hydrogens (tertiary/aromatic N) is 1. The molecule has 0 spiro atoms. The first kappa shape index (κ1) is 13.9. The average molecular weight is 329 g/mol. The third kappa shape index (κ3) is 3.48. The highest BCUT2D eigenvalue weighted by atomic mass is 79.9. The lowest BCUT2D eigenvalue weighted by molar-refractivity contribution is 0.414. The van der Waals surface area contributed by atoms with E-state index < -0.39 is 11.6 Å². The van der Waals surface area contributed by atoms with Gasteiger partial charge in [0.15, 0.2) is 11.6 Å². The van der Waals surface area contributed by atoms with Crippen molar-refractivity contribution in [3.63, 3.8) is 0 Å². The molecule has 0 aliphatic carbocycles. The van der Waals surface area contributed by atoms with Crippen molar-refractivity contribution < 1.29 is 13.5 Å². The summed E-state index contributed by atoms with van der Waals surface area (Å²) < 4.78 is 32.6. The summed E-state index contributed by atoms with van der Waals surface area (Å²) in [5.41, 5.74) is 0.746. The van der Waals surface area contributed by atoms with Gasteiger partial charge in [-0.15, -0.1) is 0 Å². The molecule has 100 valence electrons. The van der Waals surface area contributed by atoms with Crippen molar-refractivity contribution >= 4 is 15.9 Å². The molecule has 3 nitrogen and oxygen atoms in total. The molecule has 0 radical (unpaired) electrons. The lowest BCUT2D eigenvalue weighted by Crippen LogP contribution is -2.06. The minimum Gasteiger partial charge on any atom is -0.454 e. The van der Waals surface area contributed by atoms with Crippen molar-refractivity contribution in [3.8, 4) is 11.5 Å². The summed E-state index contributed by atoms with van der Waals surface area (Å²) in [6.45, 7) is 0.562. The summed E-state index contributed by atoms with van der Waals surface area (Å²) in [4.78, 5) is 4.11. The standard InChI is InChI=1S/C13H11BrF2N2O/c1-17-7-9-6-10(2-3-18-9)19-12-5-8(14)4-11(15)13(12)16/h2-6,17H,7H2,1H3. The van der Waals surface area contributed by atoms with Crippen LogP contribution in [0.2, 0.25) is 0 Å². The molecular weight excluding hydrogens is 318 g/mol. The van der Waals surface area contributed by atoms with E-state index in [9.17, 15) is 8.78 Å². The van der Waals surface area contributed by atoms with Gasteiger partial charge in [0, 0.05) is 23.3 Å². The first-order valence-electron chi connectivity index (χ1n) is 5.52. The smallest absolute Gasteiger partial charge is 0.201 e. The molecule has 0 aliphatic rings. The quantitative estimate of drug-likeness (QED) is 0.870. The molecule has 2 aromatic rings. The molecule has 1 heterocycles. The molecule has 0 fully saturated rings. The van der Waals surface area contributed by atoms with Crippen LogP contribution >= 0.6 is 15.9 Å². The van der Waals surface area contributed by atoms with Crippen LogP contribution in [0, 0.1) is 11.6 Å². The number of benzene rings is 1. The predicted molar refractivity (Wildman–Crippen MR) is 71.1 cm³/mol. The van der Waals surface area contributed by atoms with Gasteiger partial charge in [-0.3, -0.25) is 4.98 Å². The number of hydrogen-bond acceptors (Lipinski definition) is 3. The van der Waals surface area contributed by atoms with E-state index in [-0.39, 0.29) is 5.75 Å². The Morgan fingerprint density at radius 3 is 2.84 bits per heavy atom. The van der Waals surface area contributed by atoms with Crippen molar-refractivity contribution in [1.29, 1.82) is 0 Å². The molecule has 1 aromatic carbocycles. The van der Waals surface area contributed by atoms with Crippen LogP contribution in [0.4, 0.5) is 8.78 Å². The van der Waals surface area contributed by atoms with Crippen LogP contribution < -0.4 is 10.1 Å². The second-order valence-corrected chi connectivity index (χ2v) is 4.73. The van der Waals surface area contributed by atoms with Gasteiger partial charge in [0.2, 0.25) is 5.82 Å². The Morgan fingerprint density at radius 1 is 1.32 bits per heavy atom. The van der Waals surface area contributed by atoms with Gasteiger partial charge in [0.05, 0.1) is 5.69 Å². The molecular formula is C13H11BrF2N2O. The van der Waals surface area contributed by atoms with Gasteiger partial charge in [0.1, 0.15) is 5.75 Å². The maximum Gasteiger partial charge on any atom is 0.201 e. The first-order chi connectivity index (χ1) is 9.10. The van der Waals surface area contributed by atoms with Crippen LogP contribution in [0.3, 0.4) is 0 Å². The second kappa shape index (κ2) is 6.08. The maximum atomic E-state index is 13.6. The van der Waals surface area contributed by atoms with E-state index in [1.807, 2.05) is 0 Å². The molecule has 0 aliphatic heterocycles. The average Bonchev–Trinajstić information content (AvgIpc) is 2.36. The molecule has 6 heteroatoms. The van der Waals surface area contributed by atoms with Crippen molar-refractivity contribution in [2.24, 2.45) is 0 Å². The Hall–Kier alpha value is -1.53. The third-order valence-corrected chi connectivity index (χ3v) is 2.79. The topological polar surface area (TPSA) is 34.1 Å². The zero-order chi connectivity index (χ0) is 13.8. The molecule has 0 atom stereocenters. The van der Waals surface area contributed by atoms with E-state index in [0.29, 0.717) is 16.8 Å². The van der Waals surface area contributed by atoms with Gasteiger partial charge in [-0.25, -0.2) is 4.39 Å². The van der Waals surface area contributed by atoms with E-state index in [2.05, 4.69) is 26.2 Å². The minimum atomic E-state index is -1.02. The molecule has 2 rings (SSSR count). The van der Waals surface area contributed by atoms with Crippen LogP contribution in [0.5, 0.6) is 11.5 Å². The van der Waals surface area contributed by atoms with E-state index in [4.69, 9.17) is 4.74 Å². The van der Waals surface area contributed by atoms with Gasteiger partial charge in [-0.05, 0) is 25.2 Å². The van der Waals surface area contributed by atoms with Gasteiger partial charge >= 0.3 is 0 Å². The fraction of sp³-hybridized carbons (Fsp3) is 0.154. The summed E-state index contributed by atoms with van der Waals surface area (Å²) in [5.74, 6) is -1.76. The number of ether oxygens (including phenoxy) is 1. The van der Waals surface area contributed by atoms with Crippen LogP contribution in [-0.2, 0) is 6.54 Å². The lowest BCUT2D eigenvalue weighted by atomic mass is 10.3. The summed E-state index contributed by atoms with van der Waals surface area (Å²) >= 11 is 3.09. The van der Waals surface area contributed by atoms with E-state index >= 15 is 0 Å². The zero-order valence-electron chi connectivity index (χ0n) is 10.1. The monoisotopic (exact) mass is 328 g/mol. The Labute approximate surface area is 117 Å². The van der Waals surface area contributed by atoms with Gasteiger partial charge < -0.3 is 10.1 Å². The van der Waals surface area contributed by atoms with Crippen molar-refractivity contribution in [1.82, 2.24) is 10.3 Å². The van der Waals surface area contributed by atoms with Gasteiger partial charge in [-0.1, -0.05) is 15.9 Å². The Bertz CT molecular complexity index is 593. The molecule has 0 unspecified atom stereocenters. The summed E-state index contributed by atoms with van der Waals surface area (Å²) in [6, 6.07) is 5.66. The fourth-order valence-electron chi connectivity index (χ4n) is 1.53. The number of hydrogen-bond donors (Lipinski definition) is 1. The van der Waals surface area contributed by atoms with Gasteiger partial charge in [0.25, 0.3) is 0 Å². The molecule has 1 N–H and O–H groups in total. The van der Waals surface area contributed by atoms with Gasteiger partial charge in [-0.2, -0.15) is 4.39 Å². The highest BCUT2D eigenvalue weighted by molar-refractivity contribution is 9.10. The van der Waals surface area contributed by atoms with E-state index in [0.717, 1.165) is 11.8 Å². The lowest BCUT2D eigenvalue weighted by Gasteiger charge is -2.09. The summed E-state index contributed by atoms with van der Waals surface area (Å²) in [7, 11) is 1.79. The number of halogens is 3. The number of rotatable bonds is 4. The molecule has 0 bridgehead atoms. The second-order valence-electron chi connectivity index (χ2n) is 3.82. The summed E-state index contributed by atoms with van der Waals surface area (Å²) in [6.07, 6.45) is 1.55. The number of aromatic nitrogens is 1. The van der Waals surface area contributed by atoms with E-state index in [1.165, 1.54) is 6.07 Å². The van der Waals surface area contributed by atoms with Crippen LogP contribution in [-0.4, -0.2) is 12.0 Å². The minimum absolute atomic E-state index is 0.173. The van der Waals surface area contributed by atoms with Crippen LogP contribution in [0.15, 0.2) is 34.9 Å². The number of pyridine rings is 1. The molecule has 0 saturated carbocycles. The maximum absolute atomic E-state index is 13.6. The van der Waals surface area contributed by atoms with E-state index in [1.54, 1.807) is 25.4 Å². The summed E-state index contributed by atoms with van der Waals surface area (Å²) in [5, 5.41) is 2.95. The van der Waals surface area contributed by atoms with Crippen molar-refractivity contribution in [2.75, 3.05) is 7.05 Å². The molecule has 19 heavy (non-hydrogen) atoms.